The van der Waals surface area contributed by atoms with E-state index in [4.69, 9.17) is 4.74 Å². The van der Waals surface area contributed by atoms with E-state index in [1.807, 2.05) is 35.2 Å². The summed E-state index contributed by atoms with van der Waals surface area (Å²) in [7, 11) is 1.71. The number of carbonyl (C=O) groups excluding carboxylic acids is 1. The van der Waals surface area contributed by atoms with Crippen LogP contribution in [-0.2, 0) is 11.3 Å². The van der Waals surface area contributed by atoms with Gasteiger partial charge in [0.25, 0.3) is 5.91 Å². The van der Waals surface area contributed by atoms with Crippen LogP contribution in [-0.4, -0.2) is 76.8 Å². The molecule has 2 N–H and O–H groups in total. The number of para-hydroxylation sites is 2. The van der Waals surface area contributed by atoms with Gasteiger partial charge in [0, 0.05) is 5.56 Å². The summed E-state index contributed by atoms with van der Waals surface area (Å²) in [6.45, 7) is 8.23. The quantitative estimate of drug-likeness (QED) is 0.650. The molecule has 6 nitrogen and oxygen atoms in total. The van der Waals surface area contributed by atoms with Gasteiger partial charge >= 0.3 is 0 Å². The Kier molecular flexibility index (Phi) is 7.04. The number of halogens is 1. The fourth-order valence-electron chi connectivity index (χ4n) is 4.62. The third kappa shape index (κ3) is 5.35. The molecule has 2 aromatic rings. The maximum Gasteiger partial charge on any atom is 0.278 e. The smallest absolute Gasteiger partial charge is 0.278 e. The Balaban J connectivity index is 1.22. The molecule has 7 heteroatoms. The maximum absolute atomic E-state index is 13.9. The lowest BCUT2D eigenvalue weighted by atomic mass is 10.2. The monoisotopic (exact) mass is 428 g/mol. The van der Waals surface area contributed by atoms with Crippen molar-refractivity contribution in [3.05, 3.63) is 59.9 Å². The van der Waals surface area contributed by atoms with Crippen molar-refractivity contribution in [1.29, 1.82) is 0 Å². The second kappa shape index (κ2) is 10.1. The van der Waals surface area contributed by atoms with Crippen LogP contribution >= 0.6 is 0 Å². The van der Waals surface area contributed by atoms with Gasteiger partial charge in [-0.1, -0.05) is 30.3 Å². The number of methoxy groups -OCH3 is 1. The van der Waals surface area contributed by atoms with Gasteiger partial charge in [0.1, 0.15) is 18.1 Å². The molecule has 0 atom stereocenters. The molecule has 4 rings (SSSR count). The summed E-state index contributed by atoms with van der Waals surface area (Å²) in [5, 5.41) is 0. The first kappa shape index (κ1) is 21.6. The number of ether oxygens (including phenoxy) is 1. The van der Waals surface area contributed by atoms with E-state index >= 15 is 0 Å². The Hall–Kier alpha value is -2.64. The molecule has 0 aliphatic carbocycles. The van der Waals surface area contributed by atoms with Gasteiger partial charge in [-0.05, 0) is 18.2 Å². The van der Waals surface area contributed by atoms with Crippen LogP contribution in [0.4, 0.5) is 10.1 Å². The third-order valence-corrected chi connectivity index (χ3v) is 6.52. The van der Waals surface area contributed by atoms with Crippen molar-refractivity contribution in [2.24, 2.45) is 0 Å². The molecule has 2 aliphatic rings. The summed E-state index contributed by atoms with van der Waals surface area (Å²) in [5.74, 6) is 1.01. The van der Waals surface area contributed by atoms with Crippen molar-refractivity contribution in [2.75, 3.05) is 70.9 Å². The van der Waals surface area contributed by atoms with Crippen LogP contribution in [0.25, 0.3) is 0 Å². The molecule has 0 aromatic heterocycles. The number of benzene rings is 2. The van der Waals surface area contributed by atoms with Gasteiger partial charge in [0.05, 0.1) is 65.2 Å². The van der Waals surface area contributed by atoms with Crippen molar-refractivity contribution in [3.63, 3.8) is 0 Å². The molecule has 2 aromatic carbocycles. The van der Waals surface area contributed by atoms with Crippen molar-refractivity contribution in [1.82, 2.24) is 4.90 Å². The highest BCUT2D eigenvalue weighted by atomic mass is 19.1. The summed E-state index contributed by atoms with van der Waals surface area (Å²) < 4.78 is 19.4. The van der Waals surface area contributed by atoms with Gasteiger partial charge < -0.3 is 24.3 Å². The lowest BCUT2D eigenvalue weighted by molar-refractivity contribution is -0.918. The zero-order valence-corrected chi connectivity index (χ0v) is 18.3. The highest BCUT2D eigenvalue weighted by Gasteiger charge is 2.29. The Morgan fingerprint density at radius 3 is 2.29 bits per heavy atom. The van der Waals surface area contributed by atoms with E-state index in [-0.39, 0.29) is 11.7 Å². The predicted octanol–water partition coefficient (Wildman–Crippen LogP) is -0.533. The molecule has 31 heavy (non-hydrogen) atoms. The van der Waals surface area contributed by atoms with E-state index in [1.54, 1.807) is 13.2 Å². The van der Waals surface area contributed by atoms with Crippen molar-refractivity contribution < 1.29 is 23.7 Å². The molecule has 2 aliphatic heterocycles. The minimum Gasteiger partial charge on any atom is -0.495 e. The van der Waals surface area contributed by atoms with Gasteiger partial charge in [0.15, 0.2) is 6.54 Å². The van der Waals surface area contributed by atoms with Crippen LogP contribution in [0.15, 0.2) is 48.5 Å². The number of amides is 1. The fraction of sp³-hybridized carbons (Fsp3) is 0.458. The molecule has 0 bridgehead atoms. The molecule has 1 amide bonds. The van der Waals surface area contributed by atoms with E-state index in [9.17, 15) is 9.18 Å². The molecule has 0 unspecified atom stereocenters. The number of nitrogens with one attached hydrogen (secondary N) is 2. The molecule has 2 saturated heterocycles. The average Bonchev–Trinajstić information content (AvgIpc) is 2.81. The van der Waals surface area contributed by atoms with E-state index in [0.29, 0.717) is 13.1 Å². The number of piperazine rings is 2. The highest BCUT2D eigenvalue weighted by molar-refractivity contribution is 5.77. The first-order chi connectivity index (χ1) is 15.1. The van der Waals surface area contributed by atoms with Gasteiger partial charge in [-0.3, -0.25) is 4.79 Å². The molecule has 0 saturated carbocycles. The molecule has 0 spiro atoms. The average molecular weight is 429 g/mol. The summed E-state index contributed by atoms with van der Waals surface area (Å²) in [4.78, 5) is 19.9. The van der Waals surface area contributed by atoms with E-state index in [1.165, 1.54) is 15.9 Å². The van der Waals surface area contributed by atoms with Crippen LogP contribution in [0.1, 0.15) is 5.56 Å². The first-order valence-electron chi connectivity index (χ1n) is 11.2. The topological polar surface area (TPSA) is 41.7 Å². The second-order valence-electron chi connectivity index (χ2n) is 8.48. The van der Waals surface area contributed by atoms with Gasteiger partial charge in [-0.15, -0.1) is 0 Å². The van der Waals surface area contributed by atoms with Gasteiger partial charge in [-0.25, -0.2) is 4.39 Å². The summed E-state index contributed by atoms with van der Waals surface area (Å²) in [5.41, 5.74) is 1.89. The standard InChI is InChI=1S/C24H31FN4O2/c1-31-23-9-5-4-8-22(23)28-14-10-27(11-15-28)19-24(30)29-16-12-26(13-17-29)18-20-6-2-3-7-21(20)25/h2-9H,10-19H2,1H3/p+2. The normalized spacial score (nSPS) is 18.3. The predicted molar refractivity (Wildman–Crippen MR) is 118 cm³/mol. The van der Waals surface area contributed by atoms with E-state index in [2.05, 4.69) is 11.0 Å². The molecule has 2 fully saturated rings. The zero-order valence-electron chi connectivity index (χ0n) is 18.3. The Morgan fingerprint density at radius 1 is 0.935 bits per heavy atom. The van der Waals surface area contributed by atoms with Gasteiger partial charge in [0.2, 0.25) is 0 Å². The van der Waals surface area contributed by atoms with Crippen LogP contribution in [0.2, 0.25) is 0 Å². The van der Waals surface area contributed by atoms with Crippen LogP contribution < -0.4 is 19.4 Å². The SMILES string of the molecule is COc1ccccc1N1CC[NH+](CC(=O)N2CC[NH+](Cc3ccccc3F)CC2)CC1. The third-order valence-electron chi connectivity index (χ3n) is 6.52. The lowest BCUT2D eigenvalue weighted by Crippen LogP contribution is -3.16. The summed E-state index contributed by atoms with van der Waals surface area (Å²) >= 11 is 0. The van der Waals surface area contributed by atoms with Crippen molar-refractivity contribution >= 4 is 11.6 Å². The second-order valence-corrected chi connectivity index (χ2v) is 8.48. The minimum atomic E-state index is -0.135. The molecular weight excluding hydrogens is 395 g/mol. The zero-order chi connectivity index (χ0) is 21.6. The van der Waals surface area contributed by atoms with E-state index < -0.39 is 0 Å². The lowest BCUT2D eigenvalue weighted by Gasteiger charge is -2.36. The summed E-state index contributed by atoms with van der Waals surface area (Å²) in [6.07, 6.45) is 0. The number of hydrogen-bond donors (Lipinski definition) is 2. The molecule has 166 valence electrons. The number of nitrogens with zero attached hydrogens (tertiary/aromatic N) is 2. The Morgan fingerprint density at radius 2 is 1.58 bits per heavy atom. The molecule has 2 heterocycles. The van der Waals surface area contributed by atoms with Crippen LogP contribution in [0.3, 0.4) is 0 Å². The highest BCUT2D eigenvalue weighted by Crippen LogP contribution is 2.27. The molecule has 0 radical (unpaired) electrons. The number of quaternary nitrogens is 2. The van der Waals surface area contributed by atoms with E-state index in [0.717, 1.165) is 69.4 Å². The largest absolute Gasteiger partial charge is 0.495 e. The Bertz CT molecular complexity index is 877. The minimum absolute atomic E-state index is 0.135. The first-order valence-corrected chi connectivity index (χ1v) is 11.2. The van der Waals surface area contributed by atoms with Gasteiger partial charge in [-0.2, -0.15) is 0 Å². The molecular formula is C24H33FN4O2+2. The number of carbonyl (C=O) groups is 1. The summed E-state index contributed by atoms with van der Waals surface area (Å²) in [6, 6.07) is 15.1. The number of anilines is 1. The van der Waals surface area contributed by atoms with Crippen molar-refractivity contribution in [3.8, 4) is 5.75 Å². The number of rotatable bonds is 6. The van der Waals surface area contributed by atoms with Crippen molar-refractivity contribution in [2.45, 2.75) is 6.54 Å². The van der Waals surface area contributed by atoms with Crippen LogP contribution in [0, 0.1) is 5.82 Å². The van der Waals surface area contributed by atoms with Crippen LogP contribution in [0.5, 0.6) is 5.75 Å². The fourth-order valence-corrected chi connectivity index (χ4v) is 4.62. The number of hydrogen-bond acceptors (Lipinski definition) is 3. The Labute approximate surface area is 183 Å². The maximum atomic E-state index is 13.9.